The summed E-state index contributed by atoms with van der Waals surface area (Å²) in [6.45, 7) is 6.19. The van der Waals surface area contributed by atoms with Gasteiger partial charge in [0.1, 0.15) is 11.9 Å². The molecule has 1 aromatic carbocycles. The third-order valence-corrected chi connectivity index (χ3v) is 3.92. The van der Waals surface area contributed by atoms with Crippen molar-refractivity contribution < 1.29 is 4.39 Å². The van der Waals surface area contributed by atoms with Crippen molar-refractivity contribution in [2.75, 3.05) is 26.2 Å². The number of nitriles is 1. The standard InChI is InChI=1S/C16H22FN3.2ClH/c1-2-3-4-16(20-9-7-19-8-10-20)13-5-6-15(17)14(11-13)12-18;;/h5-6,11,16,19H,2-4,7-10H2,1H3;2*1H/t16-;;/m0../s1. The van der Waals surface area contributed by atoms with Crippen molar-refractivity contribution >= 4 is 24.8 Å². The van der Waals surface area contributed by atoms with Crippen molar-refractivity contribution in [3.05, 3.63) is 35.1 Å². The summed E-state index contributed by atoms with van der Waals surface area (Å²) in [7, 11) is 0. The summed E-state index contributed by atoms with van der Waals surface area (Å²) in [4.78, 5) is 2.44. The molecule has 6 heteroatoms. The average Bonchev–Trinajstić information content (AvgIpc) is 2.50. The van der Waals surface area contributed by atoms with E-state index in [-0.39, 0.29) is 30.4 Å². The second-order valence-corrected chi connectivity index (χ2v) is 5.30. The topological polar surface area (TPSA) is 39.1 Å². The highest BCUT2D eigenvalue weighted by Gasteiger charge is 2.22. The number of benzene rings is 1. The van der Waals surface area contributed by atoms with E-state index < -0.39 is 5.82 Å². The molecule has 1 atom stereocenters. The maximum atomic E-state index is 13.5. The molecule has 1 aliphatic rings. The lowest BCUT2D eigenvalue weighted by Gasteiger charge is -2.35. The Morgan fingerprint density at radius 1 is 1.32 bits per heavy atom. The summed E-state index contributed by atoms with van der Waals surface area (Å²) in [6.07, 6.45) is 3.36. The number of nitrogens with one attached hydrogen (secondary N) is 1. The largest absolute Gasteiger partial charge is 0.314 e. The van der Waals surface area contributed by atoms with Crippen molar-refractivity contribution in [2.24, 2.45) is 0 Å². The molecule has 1 aliphatic heterocycles. The van der Waals surface area contributed by atoms with Crippen molar-refractivity contribution in [2.45, 2.75) is 32.2 Å². The van der Waals surface area contributed by atoms with Crippen LogP contribution in [0, 0.1) is 17.1 Å². The predicted octanol–water partition coefficient (Wildman–Crippen LogP) is 3.68. The van der Waals surface area contributed by atoms with Gasteiger partial charge in [0.05, 0.1) is 5.56 Å². The Labute approximate surface area is 144 Å². The van der Waals surface area contributed by atoms with Gasteiger partial charge in [0.15, 0.2) is 0 Å². The van der Waals surface area contributed by atoms with E-state index in [0.717, 1.165) is 51.0 Å². The minimum absolute atomic E-state index is 0. The summed E-state index contributed by atoms with van der Waals surface area (Å²) in [5.41, 5.74) is 1.22. The van der Waals surface area contributed by atoms with Crippen LogP contribution in [-0.4, -0.2) is 31.1 Å². The van der Waals surface area contributed by atoms with Crippen LogP contribution in [0.5, 0.6) is 0 Å². The third-order valence-electron chi connectivity index (χ3n) is 3.92. The SMILES string of the molecule is CCCC[C@@H](c1ccc(F)c(C#N)c1)N1CCNCC1.Cl.Cl. The smallest absolute Gasteiger partial charge is 0.140 e. The molecular weight excluding hydrogens is 324 g/mol. The van der Waals surface area contributed by atoms with Crippen LogP contribution >= 0.6 is 24.8 Å². The number of nitrogens with zero attached hydrogens (tertiary/aromatic N) is 2. The lowest BCUT2D eigenvalue weighted by molar-refractivity contribution is 0.163. The van der Waals surface area contributed by atoms with Gasteiger partial charge in [0.25, 0.3) is 0 Å². The van der Waals surface area contributed by atoms with Gasteiger partial charge in [0, 0.05) is 32.2 Å². The molecule has 1 aromatic rings. The molecule has 0 spiro atoms. The molecule has 0 aliphatic carbocycles. The number of rotatable bonds is 5. The fourth-order valence-electron chi connectivity index (χ4n) is 2.79. The van der Waals surface area contributed by atoms with Gasteiger partial charge in [-0.3, -0.25) is 4.90 Å². The van der Waals surface area contributed by atoms with E-state index in [1.165, 1.54) is 6.07 Å². The molecule has 0 amide bonds. The van der Waals surface area contributed by atoms with Crippen LogP contribution in [0.2, 0.25) is 0 Å². The fraction of sp³-hybridized carbons (Fsp3) is 0.562. The number of unbranched alkanes of at least 4 members (excludes halogenated alkanes) is 1. The Morgan fingerprint density at radius 3 is 2.59 bits per heavy atom. The van der Waals surface area contributed by atoms with Gasteiger partial charge < -0.3 is 5.32 Å². The van der Waals surface area contributed by atoms with E-state index in [2.05, 4.69) is 17.1 Å². The monoisotopic (exact) mass is 347 g/mol. The van der Waals surface area contributed by atoms with Crippen LogP contribution in [0.25, 0.3) is 0 Å². The first kappa shape index (κ1) is 21.1. The lowest BCUT2D eigenvalue weighted by Crippen LogP contribution is -2.45. The quantitative estimate of drug-likeness (QED) is 0.882. The molecule has 0 radical (unpaired) electrons. The summed E-state index contributed by atoms with van der Waals surface area (Å²) in [5.74, 6) is -0.425. The molecule has 1 heterocycles. The molecular formula is C16H24Cl2FN3. The van der Waals surface area contributed by atoms with Gasteiger partial charge in [-0.2, -0.15) is 5.26 Å². The van der Waals surface area contributed by atoms with E-state index in [4.69, 9.17) is 5.26 Å². The van der Waals surface area contributed by atoms with E-state index in [9.17, 15) is 4.39 Å². The Bertz CT molecular complexity index is 485. The molecule has 124 valence electrons. The molecule has 3 nitrogen and oxygen atoms in total. The number of hydrogen-bond donors (Lipinski definition) is 1. The summed E-state index contributed by atoms with van der Waals surface area (Å²) in [5, 5.41) is 12.4. The first-order valence-corrected chi connectivity index (χ1v) is 7.40. The first-order chi connectivity index (χ1) is 9.76. The maximum Gasteiger partial charge on any atom is 0.140 e. The van der Waals surface area contributed by atoms with Crippen LogP contribution < -0.4 is 5.32 Å². The second-order valence-electron chi connectivity index (χ2n) is 5.30. The van der Waals surface area contributed by atoms with Crippen molar-refractivity contribution in [1.82, 2.24) is 10.2 Å². The predicted molar refractivity (Wildman–Crippen MR) is 92.3 cm³/mol. The molecule has 0 bridgehead atoms. The second kappa shape index (κ2) is 10.8. The first-order valence-electron chi connectivity index (χ1n) is 7.40. The van der Waals surface area contributed by atoms with Crippen LogP contribution in [0.3, 0.4) is 0 Å². The summed E-state index contributed by atoms with van der Waals surface area (Å²) >= 11 is 0. The Kier molecular flexibility index (Phi) is 10.4. The van der Waals surface area contributed by atoms with Crippen LogP contribution in [-0.2, 0) is 0 Å². The Morgan fingerprint density at radius 2 is 2.00 bits per heavy atom. The minimum Gasteiger partial charge on any atom is -0.314 e. The Balaban J connectivity index is 0.00000220. The average molecular weight is 348 g/mol. The van der Waals surface area contributed by atoms with Gasteiger partial charge in [-0.1, -0.05) is 25.8 Å². The van der Waals surface area contributed by atoms with Crippen molar-refractivity contribution in [1.29, 1.82) is 5.26 Å². The molecule has 1 saturated heterocycles. The normalized spacial score (nSPS) is 16.0. The fourth-order valence-corrected chi connectivity index (χ4v) is 2.79. The summed E-state index contributed by atoms with van der Waals surface area (Å²) in [6, 6.07) is 7.22. The molecule has 1 fully saturated rings. The highest BCUT2D eigenvalue weighted by Crippen LogP contribution is 2.28. The molecule has 0 saturated carbocycles. The highest BCUT2D eigenvalue weighted by atomic mass is 35.5. The Hall–Kier alpha value is -0.860. The number of piperazine rings is 1. The molecule has 22 heavy (non-hydrogen) atoms. The molecule has 1 N–H and O–H groups in total. The summed E-state index contributed by atoms with van der Waals surface area (Å²) < 4.78 is 13.5. The lowest BCUT2D eigenvalue weighted by atomic mass is 9.97. The zero-order valence-electron chi connectivity index (χ0n) is 12.8. The highest BCUT2D eigenvalue weighted by molar-refractivity contribution is 5.85. The van der Waals surface area contributed by atoms with Crippen LogP contribution in [0.4, 0.5) is 4.39 Å². The van der Waals surface area contributed by atoms with Gasteiger partial charge in [-0.15, -0.1) is 24.8 Å². The van der Waals surface area contributed by atoms with Crippen LogP contribution in [0.15, 0.2) is 18.2 Å². The zero-order chi connectivity index (χ0) is 14.4. The van der Waals surface area contributed by atoms with E-state index in [0.29, 0.717) is 6.04 Å². The van der Waals surface area contributed by atoms with E-state index >= 15 is 0 Å². The maximum absolute atomic E-state index is 13.5. The van der Waals surface area contributed by atoms with Gasteiger partial charge >= 0.3 is 0 Å². The molecule has 0 unspecified atom stereocenters. The molecule has 0 aromatic heterocycles. The van der Waals surface area contributed by atoms with Gasteiger partial charge in [-0.25, -0.2) is 4.39 Å². The third kappa shape index (κ3) is 5.40. The number of hydrogen-bond acceptors (Lipinski definition) is 3. The zero-order valence-corrected chi connectivity index (χ0v) is 14.5. The molecule has 2 rings (SSSR count). The van der Waals surface area contributed by atoms with Crippen molar-refractivity contribution in [3.63, 3.8) is 0 Å². The van der Waals surface area contributed by atoms with Crippen LogP contribution in [0.1, 0.15) is 43.4 Å². The van der Waals surface area contributed by atoms with Crippen molar-refractivity contribution in [3.8, 4) is 6.07 Å². The van der Waals surface area contributed by atoms with Gasteiger partial charge in [0.2, 0.25) is 0 Å². The van der Waals surface area contributed by atoms with Gasteiger partial charge in [-0.05, 0) is 24.1 Å². The number of halogens is 3. The minimum atomic E-state index is -0.425. The van der Waals surface area contributed by atoms with E-state index in [1.54, 1.807) is 6.07 Å². The van der Waals surface area contributed by atoms with E-state index in [1.807, 2.05) is 12.1 Å².